The van der Waals surface area contributed by atoms with Crippen molar-refractivity contribution in [3.63, 3.8) is 0 Å². The van der Waals surface area contributed by atoms with Crippen LogP contribution in [0, 0.1) is 5.82 Å². The van der Waals surface area contributed by atoms with E-state index in [1.807, 2.05) is 23.6 Å². The number of benzene rings is 1. The van der Waals surface area contributed by atoms with Crippen LogP contribution in [0.4, 0.5) is 4.39 Å². The number of carbonyl (C=O) groups is 1. The van der Waals surface area contributed by atoms with Crippen LogP contribution in [0.2, 0.25) is 0 Å². The van der Waals surface area contributed by atoms with Crippen LogP contribution in [-0.2, 0) is 17.6 Å². The summed E-state index contributed by atoms with van der Waals surface area (Å²) >= 11 is 1.55. The van der Waals surface area contributed by atoms with Crippen molar-refractivity contribution >= 4 is 17.2 Å². The lowest BCUT2D eigenvalue weighted by atomic mass is 10.1. The Labute approximate surface area is 149 Å². The van der Waals surface area contributed by atoms with Crippen molar-refractivity contribution in [1.29, 1.82) is 0 Å². The molecule has 0 fully saturated rings. The second-order valence-corrected chi connectivity index (χ2v) is 6.44. The molecule has 3 rings (SSSR count). The zero-order valence-corrected chi connectivity index (χ0v) is 14.4. The average molecular weight is 355 g/mol. The average Bonchev–Trinajstić information content (AvgIpc) is 3.11. The maximum absolute atomic E-state index is 12.8. The first-order valence-electron chi connectivity index (χ1n) is 8.07. The second-order valence-electron chi connectivity index (χ2n) is 5.59. The molecule has 2 heterocycles. The molecule has 25 heavy (non-hydrogen) atoms. The summed E-state index contributed by atoms with van der Waals surface area (Å²) in [7, 11) is 0. The number of nitrogens with one attached hydrogen (secondary N) is 1. The molecule has 128 valence electrons. The maximum Gasteiger partial charge on any atom is 0.220 e. The highest BCUT2D eigenvalue weighted by Gasteiger charge is 2.07. The van der Waals surface area contributed by atoms with Crippen LogP contribution in [0.5, 0.6) is 0 Å². The number of rotatable bonds is 7. The fraction of sp³-hybridized carbons (Fsp3) is 0.211. The van der Waals surface area contributed by atoms with Gasteiger partial charge in [-0.3, -0.25) is 9.78 Å². The number of amides is 1. The van der Waals surface area contributed by atoms with Crippen molar-refractivity contribution < 1.29 is 9.18 Å². The molecular formula is C19H18FN3OS. The minimum atomic E-state index is -0.262. The molecule has 4 nitrogen and oxygen atoms in total. The topological polar surface area (TPSA) is 54.9 Å². The van der Waals surface area contributed by atoms with Gasteiger partial charge in [0.15, 0.2) is 0 Å². The lowest BCUT2D eigenvalue weighted by Gasteiger charge is -2.04. The second kappa shape index (κ2) is 8.48. The van der Waals surface area contributed by atoms with Gasteiger partial charge in [-0.25, -0.2) is 9.37 Å². The van der Waals surface area contributed by atoms with Gasteiger partial charge in [0.2, 0.25) is 5.91 Å². The molecule has 0 saturated heterocycles. The van der Waals surface area contributed by atoms with Gasteiger partial charge >= 0.3 is 0 Å². The highest BCUT2D eigenvalue weighted by molar-refractivity contribution is 7.13. The standard InChI is InChI=1S/C19H18FN3OS/c20-15-7-4-14(5-8-15)6-9-18(24)22-12-10-16-13-25-19(23-16)17-3-1-2-11-21-17/h1-5,7-8,11,13H,6,9-10,12H2,(H,22,24). The molecule has 0 aliphatic rings. The first-order chi connectivity index (χ1) is 12.2. The molecule has 0 spiro atoms. The molecule has 1 aromatic carbocycles. The van der Waals surface area contributed by atoms with Crippen LogP contribution in [-0.4, -0.2) is 22.4 Å². The van der Waals surface area contributed by atoms with Crippen molar-refractivity contribution in [3.8, 4) is 10.7 Å². The molecular weight excluding hydrogens is 337 g/mol. The molecule has 0 saturated carbocycles. The van der Waals surface area contributed by atoms with E-state index < -0.39 is 0 Å². The van der Waals surface area contributed by atoms with E-state index in [-0.39, 0.29) is 11.7 Å². The minimum absolute atomic E-state index is 0.00972. The number of hydrogen-bond donors (Lipinski definition) is 1. The highest BCUT2D eigenvalue weighted by atomic mass is 32.1. The molecule has 0 unspecified atom stereocenters. The van der Waals surface area contributed by atoms with Gasteiger partial charge in [-0.1, -0.05) is 18.2 Å². The molecule has 0 radical (unpaired) electrons. The van der Waals surface area contributed by atoms with E-state index in [0.29, 0.717) is 25.8 Å². The Morgan fingerprint density at radius 2 is 1.96 bits per heavy atom. The fourth-order valence-corrected chi connectivity index (χ4v) is 3.19. The van der Waals surface area contributed by atoms with Crippen LogP contribution in [0.3, 0.4) is 0 Å². The molecule has 1 amide bonds. The normalized spacial score (nSPS) is 10.6. The zero-order valence-electron chi connectivity index (χ0n) is 13.6. The molecule has 0 atom stereocenters. The van der Waals surface area contributed by atoms with E-state index >= 15 is 0 Å². The van der Waals surface area contributed by atoms with Gasteiger partial charge in [-0.05, 0) is 36.2 Å². The van der Waals surface area contributed by atoms with Gasteiger partial charge in [-0.2, -0.15) is 0 Å². The maximum atomic E-state index is 12.8. The third kappa shape index (κ3) is 5.19. The Morgan fingerprint density at radius 3 is 2.72 bits per heavy atom. The summed E-state index contributed by atoms with van der Waals surface area (Å²) in [5.74, 6) is -0.272. The van der Waals surface area contributed by atoms with Crippen molar-refractivity contribution in [3.05, 3.63) is 71.1 Å². The minimum Gasteiger partial charge on any atom is -0.356 e. The number of hydrogen-bond acceptors (Lipinski definition) is 4. The zero-order chi connectivity index (χ0) is 17.5. The molecule has 0 bridgehead atoms. The summed E-state index contributed by atoms with van der Waals surface area (Å²) in [4.78, 5) is 20.7. The largest absolute Gasteiger partial charge is 0.356 e. The Kier molecular flexibility index (Phi) is 5.85. The number of pyridine rings is 1. The molecule has 0 aliphatic carbocycles. The monoisotopic (exact) mass is 355 g/mol. The van der Waals surface area contributed by atoms with Gasteiger partial charge < -0.3 is 5.32 Å². The summed E-state index contributed by atoms with van der Waals surface area (Å²) in [5.41, 5.74) is 2.77. The quantitative estimate of drug-likeness (QED) is 0.704. The van der Waals surface area contributed by atoms with Crippen LogP contribution in [0.25, 0.3) is 10.7 Å². The molecule has 3 aromatic rings. The highest BCUT2D eigenvalue weighted by Crippen LogP contribution is 2.21. The van der Waals surface area contributed by atoms with Crippen molar-refractivity contribution in [2.24, 2.45) is 0 Å². The SMILES string of the molecule is O=C(CCc1ccc(F)cc1)NCCc1csc(-c2ccccn2)n1. The van der Waals surface area contributed by atoms with Gasteiger partial charge in [-0.15, -0.1) is 11.3 Å². The van der Waals surface area contributed by atoms with Crippen LogP contribution < -0.4 is 5.32 Å². The van der Waals surface area contributed by atoms with Crippen molar-refractivity contribution in [1.82, 2.24) is 15.3 Å². The first kappa shape index (κ1) is 17.2. The summed E-state index contributed by atoms with van der Waals surface area (Å²) in [5, 5.41) is 5.78. The molecule has 0 aliphatic heterocycles. The Morgan fingerprint density at radius 1 is 1.12 bits per heavy atom. The molecule has 2 aromatic heterocycles. The Bertz CT molecular complexity index is 818. The lowest BCUT2D eigenvalue weighted by Crippen LogP contribution is -2.25. The predicted molar refractivity (Wildman–Crippen MR) is 96.8 cm³/mol. The van der Waals surface area contributed by atoms with E-state index in [2.05, 4.69) is 15.3 Å². The van der Waals surface area contributed by atoms with Gasteiger partial charge in [0.05, 0.1) is 11.4 Å². The third-order valence-corrected chi connectivity index (χ3v) is 4.61. The van der Waals surface area contributed by atoms with Crippen LogP contribution in [0.1, 0.15) is 17.7 Å². The number of aryl methyl sites for hydroxylation is 1. The van der Waals surface area contributed by atoms with Crippen molar-refractivity contribution in [2.45, 2.75) is 19.3 Å². The smallest absolute Gasteiger partial charge is 0.220 e. The summed E-state index contributed by atoms with van der Waals surface area (Å²) in [6.45, 7) is 0.549. The number of nitrogens with zero attached hydrogens (tertiary/aromatic N) is 2. The van der Waals surface area contributed by atoms with Gasteiger partial charge in [0.25, 0.3) is 0 Å². The van der Waals surface area contributed by atoms with Crippen molar-refractivity contribution in [2.75, 3.05) is 6.54 Å². The summed E-state index contributed by atoms with van der Waals surface area (Å²) in [6.07, 6.45) is 3.43. The molecule has 6 heteroatoms. The Hall–Kier alpha value is -2.60. The predicted octanol–water partition coefficient (Wildman–Crippen LogP) is 3.64. The fourth-order valence-electron chi connectivity index (χ4n) is 2.36. The van der Waals surface area contributed by atoms with E-state index in [0.717, 1.165) is 22.0 Å². The third-order valence-electron chi connectivity index (χ3n) is 3.69. The van der Waals surface area contributed by atoms with E-state index in [1.54, 1.807) is 29.7 Å². The van der Waals surface area contributed by atoms with E-state index in [9.17, 15) is 9.18 Å². The van der Waals surface area contributed by atoms with Gasteiger partial charge in [0.1, 0.15) is 10.8 Å². The van der Waals surface area contributed by atoms with Gasteiger partial charge in [0, 0.05) is 31.0 Å². The van der Waals surface area contributed by atoms with E-state index in [1.165, 1.54) is 12.1 Å². The van der Waals surface area contributed by atoms with Crippen LogP contribution >= 0.6 is 11.3 Å². The van der Waals surface area contributed by atoms with E-state index in [4.69, 9.17) is 0 Å². The summed E-state index contributed by atoms with van der Waals surface area (Å²) < 4.78 is 12.8. The Balaban J connectivity index is 1.41. The molecule has 1 N–H and O–H groups in total. The van der Waals surface area contributed by atoms with Crippen LogP contribution in [0.15, 0.2) is 54.0 Å². The number of thiazole rings is 1. The lowest BCUT2D eigenvalue weighted by molar-refractivity contribution is -0.121. The number of aromatic nitrogens is 2. The number of halogens is 1. The summed E-state index contributed by atoms with van der Waals surface area (Å²) in [6, 6.07) is 12.0. The first-order valence-corrected chi connectivity index (χ1v) is 8.95. The number of carbonyl (C=O) groups excluding carboxylic acids is 1.